The van der Waals surface area contributed by atoms with Crippen molar-refractivity contribution >= 4 is 17.7 Å². The number of nitrogens with zero attached hydrogens (tertiary/aromatic N) is 1. The molecule has 2 N–H and O–H groups in total. The number of nitrogens with one attached hydrogen (secondary N) is 2. The lowest BCUT2D eigenvalue weighted by atomic mass is 9.97. The van der Waals surface area contributed by atoms with Gasteiger partial charge in [0.05, 0.1) is 5.56 Å². The Morgan fingerprint density at radius 3 is 2.53 bits per heavy atom. The van der Waals surface area contributed by atoms with Gasteiger partial charge in [0.2, 0.25) is 11.5 Å². The first-order valence-corrected chi connectivity index (χ1v) is 5.67. The van der Waals surface area contributed by atoms with Crippen LogP contribution in [-0.4, -0.2) is 39.7 Å². The smallest absolute Gasteiger partial charge is 0.256 e. The van der Waals surface area contributed by atoms with E-state index < -0.39 is 23.3 Å². The molecular formula is C12H13N3O4. The van der Waals surface area contributed by atoms with Crippen molar-refractivity contribution in [1.82, 2.24) is 15.2 Å². The van der Waals surface area contributed by atoms with Crippen molar-refractivity contribution in [2.45, 2.75) is 19.4 Å². The van der Waals surface area contributed by atoms with E-state index in [2.05, 4.69) is 10.3 Å². The number of hydrogen-bond acceptors (Lipinski definition) is 4. The molecule has 0 atom stereocenters. The van der Waals surface area contributed by atoms with Gasteiger partial charge in [-0.2, -0.15) is 0 Å². The quantitative estimate of drug-likeness (QED) is 0.651. The lowest BCUT2D eigenvalue weighted by Gasteiger charge is -2.40. The summed E-state index contributed by atoms with van der Waals surface area (Å²) in [5, 5.41) is 2.19. The van der Waals surface area contributed by atoms with E-state index in [1.54, 1.807) is 13.8 Å². The second kappa shape index (κ2) is 4.34. The highest BCUT2D eigenvalue weighted by Gasteiger charge is 2.43. The van der Waals surface area contributed by atoms with E-state index in [4.69, 9.17) is 0 Å². The van der Waals surface area contributed by atoms with Crippen LogP contribution in [0, 0.1) is 0 Å². The van der Waals surface area contributed by atoms with Crippen LogP contribution in [0.2, 0.25) is 0 Å². The first-order chi connectivity index (χ1) is 8.82. The molecule has 0 spiro atoms. The third kappa shape index (κ3) is 2.26. The number of piperazine rings is 1. The summed E-state index contributed by atoms with van der Waals surface area (Å²) in [6, 6.07) is 2.57. The van der Waals surface area contributed by atoms with Crippen LogP contribution >= 0.6 is 0 Å². The zero-order chi connectivity index (χ0) is 14.2. The van der Waals surface area contributed by atoms with Gasteiger partial charge in [0.15, 0.2) is 0 Å². The van der Waals surface area contributed by atoms with Crippen LogP contribution in [0.1, 0.15) is 24.2 Å². The van der Waals surface area contributed by atoms with Gasteiger partial charge in [-0.25, -0.2) is 0 Å². The molecule has 100 valence electrons. The minimum Gasteiger partial charge on any atom is -0.328 e. The summed E-state index contributed by atoms with van der Waals surface area (Å²) in [5.74, 6) is -1.53. The van der Waals surface area contributed by atoms with Gasteiger partial charge in [-0.3, -0.25) is 24.5 Å². The third-order valence-corrected chi connectivity index (χ3v) is 3.06. The number of amides is 3. The summed E-state index contributed by atoms with van der Waals surface area (Å²) in [6.45, 7) is 2.91. The molecule has 1 fully saturated rings. The number of hydrogen-bond donors (Lipinski definition) is 2. The Kier molecular flexibility index (Phi) is 2.97. The predicted octanol–water partition coefficient (Wildman–Crippen LogP) is -0.748. The van der Waals surface area contributed by atoms with Crippen LogP contribution in [0.3, 0.4) is 0 Å². The van der Waals surface area contributed by atoms with Crippen LogP contribution in [0.4, 0.5) is 0 Å². The summed E-state index contributed by atoms with van der Waals surface area (Å²) >= 11 is 0. The summed E-state index contributed by atoms with van der Waals surface area (Å²) in [6.07, 6.45) is 1.26. The van der Waals surface area contributed by atoms with E-state index in [-0.39, 0.29) is 17.7 Å². The number of carbonyl (C=O) groups excluding carboxylic acids is 3. The van der Waals surface area contributed by atoms with E-state index in [0.29, 0.717) is 0 Å². The standard InChI is InChI=1S/C12H13N3O4/c1-12(2)11(19)14-9(17)6-15(12)10(18)7-3-4-8(16)13-5-7/h3-5H,6H2,1-2H3,(H,13,16)(H,14,17,19). The molecule has 7 nitrogen and oxygen atoms in total. The fraction of sp³-hybridized carbons (Fsp3) is 0.333. The fourth-order valence-electron chi connectivity index (χ4n) is 1.81. The Morgan fingerprint density at radius 1 is 1.26 bits per heavy atom. The van der Waals surface area contributed by atoms with Crippen molar-refractivity contribution in [3.63, 3.8) is 0 Å². The van der Waals surface area contributed by atoms with Crippen molar-refractivity contribution < 1.29 is 14.4 Å². The molecule has 1 aliphatic rings. The fourth-order valence-corrected chi connectivity index (χ4v) is 1.81. The molecule has 1 aromatic heterocycles. The molecule has 1 aliphatic heterocycles. The first kappa shape index (κ1) is 13.0. The van der Waals surface area contributed by atoms with Gasteiger partial charge in [-0.15, -0.1) is 0 Å². The highest BCUT2D eigenvalue weighted by molar-refractivity contribution is 6.08. The molecule has 19 heavy (non-hydrogen) atoms. The number of aromatic nitrogens is 1. The van der Waals surface area contributed by atoms with Gasteiger partial charge in [0.25, 0.3) is 11.8 Å². The zero-order valence-electron chi connectivity index (χ0n) is 10.5. The largest absolute Gasteiger partial charge is 0.328 e. The van der Waals surface area contributed by atoms with Crippen LogP contribution < -0.4 is 10.9 Å². The Hall–Kier alpha value is -2.44. The highest BCUT2D eigenvalue weighted by Crippen LogP contribution is 2.20. The molecule has 0 radical (unpaired) electrons. The van der Waals surface area contributed by atoms with E-state index in [0.717, 1.165) is 0 Å². The highest BCUT2D eigenvalue weighted by atomic mass is 16.2. The van der Waals surface area contributed by atoms with E-state index in [1.165, 1.54) is 23.2 Å². The molecule has 2 heterocycles. The maximum absolute atomic E-state index is 12.3. The maximum atomic E-state index is 12.3. The van der Waals surface area contributed by atoms with Crippen LogP contribution in [0.25, 0.3) is 0 Å². The Labute approximate surface area is 108 Å². The molecule has 2 rings (SSSR count). The Morgan fingerprint density at radius 2 is 1.95 bits per heavy atom. The van der Waals surface area contributed by atoms with Gasteiger partial charge >= 0.3 is 0 Å². The summed E-state index contributed by atoms with van der Waals surface area (Å²) in [4.78, 5) is 49.9. The minimum absolute atomic E-state index is 0.198. The monoisotopic (exact) mass is 263 g/mol. The molecule has 0 unspecified atom stereocenters. The van der Waals surface area contributed by atoms with Crippen LogP contribution in [0.15, 0.2) is 23.1 Å². The van der Waals surface area contributed by atoms with Gasteiger partial charge in [-0.05, 0) is 19.9 Å². The van der Waals surface area contributed by atoms with Crippen molar-refractivity contribution in [2.24, 2.45) is 0 Å². The molecule has 0 aromatic carbocycles. The number of carbonyl (C=O) groups is 3. The molecule has 1 saturated heterocycles. The molecule has 3 amide bonds. The van der Waals surface area contributed by atoms with Crippen molar-refractivity contribution in [2.75, 3.05) is 6.54 Å². The molecule has 0 saturated carbocycles. The minimum atomic E-state index is -1.12. The summed E-state index contributed by atoms with van der Waals surface area (Å²) < 4.78 is 0. The van der Waals surface area contributed by atoms with Gasteiger partial charge in [-0.1, -0.05) is 0 Å². The van der Waals surface area contributed by atoms with Crippen molar-refractivity contribution in [1.29, 1.82) is 0 Å². The van der Waals surface area contributed by atoms with Crippen molar-refractivity contribution in [3.8, 4) is 0 Å². The van der Waals surface area contributed by atoms with E-state index in [1.807, 2.05) is 0 Å². The average Bonchev–Trinajstić information content (AvgIpc) is 2.34. The molecule has 7 heteroatoms. The number of rotatable bonds is 1. The van der Waals surface area contributed by atoms with Crippen molar-refractivity contribution in [3.05, 3.63) is 34.2 Å². The SMILES string of the molecule is CC1(C)C(=O)NC(=O)CN1C(=O)c1ccc(=O)[nH]c1. The number of imide groups is 1. The topological polar surface area (TPSA) is 99.3 Å². The Bertz CT molecular complexity index is 597. The molecule has 0 aliphatic carbocycles. The second-order valence-corrected chi connectivity index (χ2v) is 4.77. The first-order valence-electron chi connectivity index (χ1n) is 5.67. The maximum Gasteiger partial charge on any atom is 0.256 e. The lowest BCUT2D eigenvalue weighted by Crippen LogP contribution is -2.65. The predicted molar refractivity (Wildman–Crippen MR) is 65.3 cm³/mol. The summed E-state index contributed by atoms with van der Waals surface area (Å²) in [5.41, 5.74) is -1.24. The number of pyridine rings is 1. The normalized spacial score (nSPS) is 18.1. The molecule has 0 bridgehead atoms. The molecule has 1 aromatic rings. The third-order valence-electron chi connectivity index (χ3n) is 3.06. The second-order valence-electron chi connectivity index (χ2n) is 4.77. The number of aromatic amines is 1. The van der Waals surface area contributed by atoms with E-state index in [9.17, 15) is 19.2 Å². The molecular weight excluding hydrogens is 250 g/mol. The van der Waals surface area contributed by atoms with Gasteiger partial charge in [0, 0.05) is 12.3 Å². The number of H-pyrrole nitrogens is 1. The Balaban J connectivity index is 2.36. The van der Waals surface area contributed by atoms with Crippen LogP contribution in [-0.2, 0) is 9.59 Å². The zero-order valence-corrected chi connectivity index (χ0v) is 10.5. The lowest BCUT2D eigenvalue weighted by molar-refractivity contribution is -0.143. The average molecular weight is 263 g/mol. The van der Waals surface area contributed by atoms with Gasteiger partial charge in [0.1, 0.15) is 12.1 Å². The van der Waals surface area contributed by atoms with Gasteiger partial charge < -0.3 is 9.88 Å². The van der Waals surface area contributed by atoms with Crippen LogP contribution in [0.5, 0.6) is 0 Å². The summed E-state index contributed by atoms with van der Waals surface area (Å²) in [7, 11) is 0. The van der Waals surface area contributed by atoms with E-state index >= 15 is 0 Å².